The number of nitrogens with two attached hydrogens (primary N) is 3. The van der Waals surface area contributed by atoms with E-state index in [2.05, 4.69) is 0 Å². The van der Waals surface area contributed by atoms with Crippen LogP contribution in [0.4, 0.5) is 0 Å². The molecule has 6 N–H and O–H groups in total. The monoisotopic (exact) mass is 179 g/mol. The minimum atomic E-state index is -0.437. The molecule has 0 fully saturated rings. The first-order valence-corrected chi connectivity index (χ1v) is 4.00. The molecule has 1 aromatic rings. The van der Waals surface area contributed by atoms with Gasteiger partial charge in [0.1, 0.15) is 0 Å². The standard InChI is InChI=1S/C9H13N3O/c10-5-8(11)6-1-3-7(4-2-6)9(12)13/h1-4,8H,5,10-11H2,(H2,12,13). The summed E-state index contributed by atoms with van der Waals surface area (Å²) < 4.78 is 0. The number of rotatable bonds is 3. The molecule has 0 heterocycles. The van der Waals surface area contributed by atoms with E-state index < -0.39 is 5.91 Å². The summed E-state index contributed by atoms with van der Waals surface area (Å²) in [5, 5.41) is 0. The Labute approximate surface area is 76.7 Å². The number of carbonyl (C=O) groups is 1. The Kier molecular flexibility index (Phi) is 3.00. The van der Waals surface area contributed by atoms with Gasteiger partial charge < -0.3 is 17.2 Å². The van der Waals surface area contributed by atoms with Gasteiger partial charge in [-0.1, -0.05) is 12.1 Å². The van der Waals surface area contributed by atoms with Crippen molar-refractivity contribution in [3.63, 3.8) is 0 Å². The molecular weight excluding hydrogens is 166 g/mol. The molecule has 0 bridgehead atoms. The molecule has 13 heavy (non-hydrogen) atoms. The molecule has 0 radical (unpaired) electrons. The fraction of sp³-hybridized carbons (Fsp3) is 0.222. The molecule has 0 aliphatic heterocycles. The first kappa shape index (κ1) is 9.70. The van der Waals surface area contributed by atoms with E-state index in [1.165, 1.54) is 0 Å². The molecule has 70 valence electrons. The molecule has 0 spiro atoms. The summed E-state index contributed by atoms with van der Waals surface area (Å²) in [7, 11) is 0. The van der Waals surface area contributed by atoms with Crippen LogP contribution in [0.1, 0.15) is 22.0 Å². The van der Waals surface area contributed by atoms with Crippen LogP contribution in [0.5, 0.6) is 0 Å². The lowest BCUT2D eigenvalue weighted by Crippen LogP contribution is -2.20. The Balaban J connectivity index is 2.87. The van der Waals surface area contributed by atoms with Crippen LogP contribution in [-0.4, -0.2) is 12.5 Å². The van der Waals surface area contributed by atoms with Crippen molar-refractivity contribution in [2.24, 2.45) is 17.2 Å². The van der Waals surface area contributed by atoms with Gasteiger partial charge in [0, 0.05) is 18.2 Å². The average molecular weight is 179 g/mol. The first-order chi connectivity index (χ1) is 6.15. The second kappa shape index (κ2) is 4.02. The van der Waals surface area contributed by atoms with Crippen molar-refractivity contribution in [3.05, 3.63) is 35.4 Å². The largest absolute Gasteiger partial charge is 0.366 e. The lowest BCUT2D eigenvalue weighted by atomic mass is 10.1. The van der Waals surface area contributed by atoms with Crippen LogP contribution in [0.15, 0.2) is 24.3 Å². The topological polar surface area (TPSA) is 95.1 Å². The van der Waals surface area contributed by atoms with Gasteiger partial charge in [0.2, 0.25) is 5.91 Å². The Morgan fingerprint density at radius 3 is 2.23 bits per heavy atom. The predicted molar refractivity (Wildman–Crippen MR) is 50.9 cm³/mol. The van der Waals surface area contributed by atoms with Gasteiger partial charge in [-0.15, -0.1) is 0 Å². The highest BCUT2D eigenvalue weighted by atomic mass is 16.1. The first-order valence-electron chi connectivity index (χ1n) is 4.00. The van der Waals surface area contributed by atoms with Crippen molar-refractivity contribution in [1.29, 1.82) is 0 Å². The van der Waals surface area contributed by atoms with Crippen molar-refractivity contribution in [3.8, 4) is 0 Å². The SMILES string of the molecule is NCC(N)c1ccc(C(N)=O)cc1. The van der Waals surface area contributed by atoms with Crippen LogP contribution in [-0.2, 0) is 0 Å². The Hall–Kier alpha value is -1.39. The Bertz CT molecular complexity index is 294. The van der Waals surface area contributed by atoms with E-state index in [1.807, 2.05) is 0 Å². The molecule has 0 aromatic heterocycles. The van der Waals surface area contributed by atoms with Gasteiger partial charge in [-0.05, 0) is 17.7 Å². The molecule has 0 aliphatic carbocycles. The van der Waals surface area contributed by atoms with E-state index in [-0.39, 0.29) is 6.04 Å². The second-order valence-corrected chi connectivity index (χ2v) is 2.83. The third-order valence-electron chi connectivity index (χ3n) is 1.88. The molecule has 1 amide bonds. The van der Waals surface area contributed by atoms with E-state index >= 15 is 0 Å². The number of primary amides is 1. The molecule has 0 saturated carbocycles. The fourth-order valence-corrected chi connectivity index (χ4v) is 1.03. The van der Waals surface area contributed by atoms with Crippen molar-refractivity contribution >= 4 is 5.91 Å². The molecule has 1 rings (SSSR count). The summed E-state index contributed by atoms with van der Waals surface area (Å²) in [6.45, 7) is 0.385. The number of hydrogen-bond donors (Lipinski definition) is 3. The molecular formula is C9H13N3O. The van der Waals surface area contributed by atoms with E-state index in [1.54, 1.807) is 24.3 Å². The lowest BCUT2D eigenvalue weighted by Gasteiger charge is -2.08. The van der Waals surface area contributed by atoms with Crippen molar-refractivity contribution < 1.29 is 4.79 Å². The van der Waals surface area contributed by atoms with E-state index in [9.17, 15) is 4.79 Å². The summed E-state index contributed by atoms with van der Waals surface area (Å²) in [6, 6.07) is 6.64. The average Bonchev–Trinajstić information content (AvgIpc) is 2.17. The zero-order chi connectivity index (χ0) is 9.84. The third kappa shape index (κ3) is 2.27. The summed E-state index contributed by atoms with van der Waals surface area (Å²) in [5.74, 6) is -0.437. The third-order valence-corrected chi connectivity index (χ3v) is 1.88. The molecule has 4 nitrogen and oxygen atoms in total. The zero-order valence-electron chi connectivity index (χ0n) is 7.23. The number of carbonyl (C=O) groups excluding carboxylic acids is 1. The quantitative estimate of drug-likeness (QED) is 0.596. The normalized spacial score (nSPS) is 12.5. The van der Waals surface area contributed by atoms with Crippen LogP contribution in [0, 0.1) is 0 Å². The van der Waals surface area contributed by atoms with Crippen molar-refractivity contribution in [2.45, 2.75) is 6.04 Å². The minimum Gasteiger partial charge on any atom is -0.366 e. The molecule has 0 saturated heterocycles. The van der Waals surface area contributed by atoms with Gasteiger partial charge >= 0.3 is 0 Å². The lowest BCUT2D eigenvalue weighted by molar-refractivity contribution is 0.100. The van der Waals surface area contributed by atoms with Crippen LogP contribution in [0.25, 0.3) is 0 Å². The molecule has 1 unspecified atom stereocenters. The molecule has 0 aliphatic rings. The maximum absolute atomic E-state index is 10.7. The number of benzene rings is 1. The van der Waals surface area contributed by atoms with E-state index in [0.717, 1.165) is 5.56 Å². The molecule has 1 aromatic carbocycles. The van der Waals surface area contributed by atoms with Gasteiger partial charge in [0.15, 0.2) is 0 Å². The van der Waals surface area contributed by atoms with Crippen LogP contribution in [0.3, 0.4) is 0 Å². The van der Waals surface area contributed by atoms with E-state index in [0.29, 0.717) is 12.1 Å². The molecule has 1 atom stereocenters. The summed E-state index contributed by atoms with van der Waals surface area (Å²) in [4.78, 5) is 10.7. The van der Waals surface area contributed by atoms with Crippen molar-refractivity contribution in [2.75, 3.05) is 6.54 Å². The molecule has 4 heteroatoms. The van der Waals surface area contributed by atoms with E-state index in [4.69, 9.17) is 17.2 Å². The summed E-state index contributed by atoms with van der Waals surface area (Å²) in [5.41, 5.74) is 17.5. The van der Waals surface area contributed by atoms with Crippen LogP contribution >= 0.6 is 0 Å². The minimum absolute atomic E-state index is 0.179. The van der Waals surface area contributed by atoms with Gasteiger partial charge in [0.05, 0.1) is 0 Å². The smallest absolute Gasteiger partial charge is 0.248 e. The maximum Gasteiger partial charge on any atom is 0.248 e. The van der Waals surface area contributed by atoms with Gasteiger partial charge in [-0.25, -0.2) is 0 Å². The summed E-state index contributed by atoms with van der Waals surface area (Å²) in [6.07, 6.45) is 0. The van der Waals surface area contributed by atoms with Crippen LogP contribution in [0.2, 0.25) is 0 Å². The van der Waals surface area contributed by atoms with Gasteiger partial charge in [0.25, 0.3) is 0 Å². The zero-order valence-corrected chi connectivity index (χ0v) is 7.23. The van der Waals surface area contributed by atoms with Gasteiger partial charge in [-0.2, -0.15) is 0 Å². The highest BCUT2D eigenvalue weighted by molar-refractivity contribution is 5.92. The summed E-state index contributed by atoms with van der Waals surface area (Å²) >= 11 is 0. The van der Waals surface area contributed by atoms with Gasteiger partial charge in [-0.3, -0.25) is 4.79 Å². The highest BCUT2D eigenvalue weighted by Gasteiger charge is 2.04. The number of hydrogen-bond acceptors (Lipinski definition) is 3. The number of amides is 1. The fourth-order valence-electron chi connectivity index (χ4n) is 1.03. The second-order valence-electron chi connectivity index (χ2n) is 2.83. The Morgan fingerprint density at radius 1 is 1.31 bits per heavy atom. The highest BCUT2D eigenvalue weighted by Crippen LogP contribution is 2.09. The maximum atomic E-state index is 10.7. The Morgan fingerprint density at radius 2 is 1.85 bits per heavy atom. The van der Waals surface area contributed by atoms with Crippen LogP contribution < -0.4 is 17.2 Å². The van der Waals surface area contributed by atoms with Crippen molar-refractivity contribution in [1.82, 2.24) is 0 Å². The predicted octanol–water partition coefficient (Wildman–Crippen LogP) is -0.256.